The van der Waals surface area contributed by atoms with Crippen molar-refractivity contribution >= 4 is 22.6 Å². The van der Waals surface area contributed by atoms with E-state index in [4.69, 9.17) is 9.47 Å². The molecule has 3 aromatic carbocycles. The van der Waals surface area contributed by atoms with E-state index >= 15 is 0 Å². The van der Waals surface area contributed by atoms with Gasteiger partial charge in [0.15, 0.2) is 0 Å². The molecule has 0 saturated heterocycles. The fraction of sp³-hybridized carbons (Fsp3) is 0.308. The first-order chi connectivity index (χ1) is 13.9. The highest BCUT2D eigenvalue weighted by atomic mass is 127. The highest BCUT2D eigenvalue weighted by Crippen LogP contribution is 2.46. The average Bonchev–Trinajstić information content (AvgIpc) is 2.72. The lowest BCUT2D eigenvalue weighted by Gasteiger charge is -2.25. The van der Waals surface area contributed by atoms with E-state index in [-0.39, 0.29) is 0 Å². The van der Waals surface area contributed by atoms with E-state index in [0.717, 1.165) is 22.6 Å². The second-order valence-electron chi connectivity index (χ2n) is 7.82. The maximum atomic E-state index is 5.72. The molecule has 3 rings (SSSR count). The van der Waals surface area contributed by atoms with Gasteiger partial charge in [-0.1, -0.05) is 64.1 Å². The van der Waals surface area contributed by atoms with Crippen molar-refractivity contribution in [2.75, 3.05) is 14.2 Å². The lowest BCUT2D eigenvalue weighted by Crippen LogP contribution is -2.06. The number of hydrogen-bond donors (Lipinski definition) is 0. The molecule has 0 radical (unpaired) electrons. The fourth-order valence-electron chi connectivity index (χ4n) is 3.99. The van der Waals surface area contributed by atoms with Crippen LogP contribution in [0.4, 0.5) is 0 Å². The van der Waals surface area contributed by atoms with Gasteiger partial charge in [-0.25, -0.2) is 0 Å². The summed E-state index contributed by atoms with van der Waals surface area (Å²) in [7, 11) is 3.48. The summed E-state index contributed by atoms with van der Waals surface area (Å²) in [6, 6.07) is 18.9. The minimum atomic E-state index is 0.394. The number of para-hydroxylation sites is 2. The molecule has 29 heavy (non-hydrogen) atoms. The van der Waals surface area contributed by atoms with E-state index in [1.807, 2.05) is 24.3 Å². The zero-order valence-corrected chi connectivity index (χ0v) is 20.2. The van der Waals surface area contributed by atoms with Crippen LogP contribution >= 0.6 is 22.6 Å². The summed E-state index contributed by atoms with van der Waals surface area (Å²) >= 11 is 2.54. The van der Waals surface area contributed by atoms with Crippen LogP contribution in [0, 0.1) is 3.57 Å². The summed E-state index contributed by atoms with van der Waals surface area (Å²) in [4.78, 5) is 0. The number of hydrogen-bond acceptors (Lipinski definition) is 2. The van der Waals surface area contributed by atoms with Crippen LogP contribution in [0.1, 0.15) is 50.7 Å². The average molecular weight is 500 g/mol. The minimum Gasteiger partial charge on any atom is -0.496 e. The molecule has 0 saturated carbocycles. The van der Waals surface area contributed by atoms with Gasteiger partial charge in [-0.3, -0.25) is 0 Å². The van der Waals surface area contributed by atoms with Crippen molar-refractivity contribution in [2.24, 2.45) is 0 Å². The van der Waals surface area contributed by atoms with E-state index in [0.29, 0.717) is 11.8 Å². The van der Waals surface area contributed by atoms with Crippen LogP contribution < -0.4 is 9.47 Å². The summed E-state index contributed by atoms with van der Waals surface area (Å²) in [6.07, 6.45) is 0. The molecule has 0 unspecified atom stereocenters. The molecule has 0 fully saturated rings. The standard InChI is InChI=1S/C26H29IO2/c1-16(2)24-20(18-11-7-9-13-22(18)28-5)15-21(25(17(3)4)26(24)27)19-12-8-10-14-23(19)29-6/h7-17H,1-6H3. The molecule has 3 aromatic rings. The third kappa shape index (κ3) is 4.16. The number of benzene rings is 3. The van der Waals surface area contributed by atoms with Crippen LogP contribution in [0.25, 0.3) is 22.3 Å². The topological polar surface area (TPSA) is 18.5 Å². The van der Waals surface area contributed by atoms with Crippen molar-refractivity contribution in [3.8, 4) is 33.8 Å². The third-order valence-electron chi connectivity index (χ3n) is 5.29. The molecule has 0 aliphatic rings. The van der Waals surface area contributed by atoms with Gasteiger partial charge in [-0.15, -0.1) is 0 Å². The van der Waals surface area contributed by atoms with Crippen LogP contribution in [-0.4, -0.2) is 14.2 Å². The quantitative estimate of drug-likeness (QED) is 0.321. The molecule has 0 atom stereocenters. The second kappa shape index (κ2) is 9.21. The van der Waals surface area contributed by atoms with Crippen LogP contribution in [0.15, 0.2) is 54.6 Å². The van der Waals surface area contributed by atoms with Gasteiger partial charge >= 0.3 is 0 Å². The van der Waals surface area contributed by atoms with Gasteiger partial charge in [0.2, 0.25) is 0 Å². The van der Waals surface area contributed by atoms with Gasteiger partial charge in [-0.2, -0.15) is 0 Å². The number of methoxy groups -OCH3 is 2. The van der Waals surface area contributed by atoms with E-state index in [1.165, 1.54) is 25.8 Å². The van der Waals surface area contributed by atoms with Gasteiger partial charge in [0.1, 0.15) is 11.5 Å². The van der Waals surface area contributed by atoms with E-state index in [9.17, 15) is 0 Å². The summed E-state index contributed by atoms with van der Waals surface area (Å²) in [5.74, 6) is 2.58. The lowest BCUT2D eigenvalue weighted by atomic mass is 9.83. The maximum absolute atomic E-state index is 5.72. The molecular formula is C26H29IO2. The smallest absolute Gasteiger partial charge is 0.126 e. The Balaban J connectivity index is 2.45. The first-order valence-electron chi connectivity index (χ1n) is 10.0. The SMILES string of the molecule is COc1ccccc1-c1cc(-c2ccccc2OC)c(C(C)C)c(I)c1C(C)C. The zero-order valence-electron chi connectivity index (χ0n) is 18.0. The van der Waals surface area contributed by atoms with Gasteiger partial charge in [-0.05, 0) is 74.9 Å². The Hall–Kier alpha value is -2.01. The Morgan fingerprint density at radius 3 is 1.34 bits per heavy atom. The molecule has 0 heterocycles. The van der Waals surface area contributed by atoms with Crippen molar-refractivity contribution in [1.29, 1.82) is 0 Å². The first-order valence-corrected chi connectivity index (χ1v) is 11.1. The van der Waals surface area contributed by atoms with Gasteiger partial charge in [0.25, 0.3) is 0 Å². The molecule has 0 bridgehead atoms. The maximum Gasteiger partial charge on any atom is 0.126 e. The zero-order chi connectivity index (χ0) is 21.1. The number of rotatable bonds is 6. The number of halogens is 1. The van der Waals surface area contributed by atoms with Crippen molar-refractivity contribution in [1.82, 2.24) is 0 Å². The highest BCUT2D eigenvalue weighted by molar-refractivity contribution is 14.1. The molecule has 0 N–H and O–H groups in total. The lowest BCUT2D eigenvalue weighted by molar-refractivity contribution is 0.416. The molecular weight excluding hydrogens is 471 g/mol. The first kappa shape index (κ1) is 21.7. The predicted octanol–water partition coefficient (Wildman–Crippen LogP) is 7.89. The Bertz CT molecular complexity index is 928. The Morgan fingerprint density at radius 1 is 0.621 bits per heavy atom. The fourth-order valence-corrected chi connectivity index (χ4v) is 5.82. The van der Waals surface area contributed by atoms with Crippen molar-refractivity contribution in [2.45, 2.75) is 39.5 Å². The molecule has 0 amide bonds. The largest absolute Gasteiger partial charge is 0.496 e. The monoisotopic (exact) mass is 500 g/mol. The summed E-state index contributed by atoms with van der Waals surface area (Å²) in [5, 5.41) is 0. The van der Waals surface area contributed by atoms with Crippen molar-refractivity contribution in [3.05, 3.63) is 69.3 Å². The Kier molecular flexibility index (Phi) is 6.89. The molecule has 0 aliphatic carbocycles. The molecule has 2 nitrogen and oxygen atoms in total. The predicted molar refractivity (Wildman–Crippen MR) is 131 cm³/mol. The van der Waals surface area contributed by atoms with E-state index in [2.05, 4.69) is 80.6 Å². The van der Waals surface area contributed by atoms with Crippen LogP contribution in [0.5, 0.6) is 11.5 Å². The summed E-state index contributed by atoms with van der Waals surface area (Å²) < 4.78 is 12.8. The normalized spacial score (nSPS) is 11.2. The van der Waals surface area contributed by atoms with E-state index < -0.39 is 0 Å². The van der Waals surface area contributed by atoms with Gasteiger partial charge < -0.3 is 9.47 Å². The highest BCUT2D eigenvalue weighted by Gasteiger charge is 2.24. The van der Waals surface area contributed by atoms with Gasteiger partial charge in [0.05, 0.1) is 14.2 Å². The van der Waals surface area contributed by atoms with Crippen LogP contribution in [0.3, 0.4) is 0 Å². The minimum absolute atomic E-state index is 0.394. The summed E-state index contributed by atoms with van der Waals surface area (Å²) in [5.41, 5.74) is 7.46. The van der Waals surface area contributed by atoms with Gasteiger partial charge in [0, 0.05) is 14.7 Å². The molecule has 0 aliphatic heterocycles. The van der Waals surface area contributed by atoms with Crippen LogP contribution in [0.2, 0.25) is 0 Å². The van der Waals surface area contributed by atoms with Crippen LogP contribution in [-0.2, 0) is 0 Å². The molecule has 0 spiro atoms. The third-order valence-corrected chi connectivity index (χ3v) is 6.45. The second-order valence-corrected chi connectivity index (χ2v) is 8.90. The Morgan fingerprint density at radius 2 is 1.00 bits per heavy atom. The van der Waals surface area contributed by atoms with E-state index in [1.54, 1.807) is 14.2 Å². The Labute approximate surface area is 188 Å². The molecule has 0 aromatic heterocycles. The molecule has 3 heteroatoms. The van der Waals surface area contributed by atoms with Crippen molar-refractivity contribution < 1.29 is 9.47 Å². The van der Waals surface area contributed by atoms with Crippen molar-refractivity contribution in [3.63, 3.8) is 0 Å². The summed E-state index contributed by atoms with van der Waals surface area (Å²) in [6.45, 7) is 9.07. The molecule has 152 valence electrons. The number of ether oxygens (including phenoxy) is 2.